The molecule has 186 valence electrons. The van der Waals surface area contributed by atoms with Crippen LogP contribution in [-0.2, 0) is 17.7 Å². The van der Waals surface area contributed by atoms with E-state index in [1.807, 2.05) is 24.4 Å². The smallest absolute Gasteiger partial charge is 0.387 e. The standard InChI is InChI=1S/C27H30ClF2N3O2/c28-22-10-12-32-24(17-22)18-26-21-4-1-11-31-23(16-21)5-2-13-33(14-3-15-34-26)19-20-6-8-25(9-7-20)35-27(29)30/h4-12,17,26-27H,1-3,13-16,18-19H2/b23-5+. The van der Waals surface area contributed by atoms with Crippen molar-refractivity contribution in [2.24, 2.45) is 4.99 Å². The molecule has 1 atom stereocenters. The van der Waals surface area contributed by atoms with Crippen molar-refractivity contribution in [3.8, 4) is 5.75 Å². The van der Waals surface area contributed by atoms with Gasteiger partial charge in [-0.1, -0.05) is 35.9 Å². The van der Waals surface area contributed by atoms with Crippen molar-refractivity contribution < 1.29 is 18.3 Å². The molecule has 2 bridgehead atoms. The quantitative estimate of drug-likeness (QED) is 0.440. The van der Waals surface area contributed by atoms with E-state index in [-0.39, 0.29) is 11.9 Å². The molecule has 0 saturated heterocycles. The van der Waals surface area contributed by atoms with Crippen LogP contribution in [0.15, 0.2) is 71.0 Å². The molecule has 0 amide bonds. The molecule has 0 N–H and O–H groups in total. The minimum absolute atomic E-state index is 0.0821. The fourth-order valence-electron chi connectivity index (χ4n) is 4.35. The van der Waals surface area contributed by atoms with Crippen LogP contribution in [0.1, 0.15) is 36.9 Å². The van der Waals surface area contributed by atoms with E-state index < -0.39 is 6.61 Å². The summed E-state index contributed by atoms with van der Waals surface area (Å²) in [5.41, 5.74) is 4.25. The molecule has 35 heavy (non-hydrogen) atoms. The Labute approximate surface area is 210 Å². The van der Waals surface area contributed by atoms with Crippen LogP contribution < -0.4 is 4.74 Å². The molecule has 4 rings (SSSR count). The highest BCUT2D eigenvalue weighted by molar-refractivity contribution is 6.30. The molecule has 8 heteroatoms. The van der Waals surface area contributed by atoms with E-state index in [4.69, 9.17) is 16.3 Å². The third-order valence-corrected chi connectivity index (χ3v) is 6.27. The summed E-state index contributed by atoms with van der Waals surface area (Å²) in [7, 11) is 0. The van der Waals surface area contributed by atoms with E-state index in [0.29, 0.717) is 18.1 Å². The van der Waals surface area contributed by atoms with Crippen LogP contribution in [0.25, 0.3) is 0 Å². The Kier molecular flexibility index (Phi) is 9.40. The fraction of sp³-hybridized carbons (Fsp3) is 0.407. The molecule has 1 unspecified atom stereocenters. The van der Waals surface area contributed by atoms with Gasteiger partial charge < -0.3 is 9.47 Å². The lowest BCUT2D eigenvalue weighted by atomic mass is 9.98. The Balaban J connectivity index is 1.44. The monoisotopic (exact) mass is 501 g/mol. The van der Waals surface area contributed by atoms with Gasteiger partial charge in [0.1, 0.15) is 5.75 Å². The predicted molar refractivity (Wildman–Crippen MR) is 134 cm³/mol. The zero-order chi connectivity index (χ0) is 24.5. The molecule has 0 saturated carbocycles. The summed E-state index contributed by atoms with van der Waals surface area (Å²) in [6.45, 7) is 0.277. The summed E-state index contributed by atoms with van der Waals surface area (Å²) in [4.78, 5) is 11.5. The molecule has 0 aliphatic carbocycles. The second-order valence-corrected chi connectivity index (χ2v) is 9.10. The first-order chi connectivity index (χ1) is 17.0. The van der Waals surface area contributed by atoms with Crippen molar-refractivity contribution in [2.45, 2.75) is 51.4 Å². The molecule has 2 aromatic rings. The number of halogens is 3. The van der Waals surface area contributed by atoms with Gasteiger partial charge in [0.2, 0.25) is 0 Å². The first kappa shape index (κ1) is 25.5. The van der Waals surface area contributed by atoms with E-state index in [1.165, 1.54) is 5.57 Å². The zero-order valence-corrected chi connectivity index (χ0v) is 20.3. The maximum Gasteiger partial charge on any atom is 0.387 e. The van der Waals surface area contributed by atoms with Crippen LogP contribution in [-0.4, -0.2) is 48.5 Å². The average Bonchev–Trinajstić information content (AvgIpc) is 3.07. The van der Waals surface area contributed by atoms with E-state index >= 15 is 0 Å². The lowest BCUT2D eigenvalue weighted by molar-refractivity contribution is -0.0498. The predicted octanol–water partition coefficient (Wildman–Crippen LogP) is 6.24. The van der Waals surface area contributed by atoms with Gasteiger partial charge in [-0.3, -0.25) is 14.9 Å². The molecule has 0 spiro atoms. The van der Waals surface area contributed by atoms with Crippen LogP contribution in [0, 0.1) is 0 Å². The van der Waals surface area contributed by atoms with Gasteiger partial charge in [-0.2, -0.15) is 8.78 Å². The number of rotatable bonds is 6. The second kappa shape index (κ2) is 12.9. The first-order valence-corrected chi connectivity index (χ1v) is 12.3. The van der Waals surface area contributed by atoms with Gasteiger partial charge in [0.05, 0.1) is 6.10 Å². The molecule has 1 aromatic heterocycles. The number of nitrogens with zero attached hydrogens (tertiary/aromatic N) is 3. The molecular weight excluding hydrogens is 472 g/mol. The van der Waals surface area contributed by atoms with Crippen molar-refractivity contribution in [3.05, 3.63) is 82.3 Å². The summed E-state index contributed by atoms with van der Waals surface area (Å²) in [6.07, 6.45) is 12.0. The highest BCUT2D eigenvalue weighted by atomic mass is 35.5. The Hall–Kier alpha value is -2.61. The van der Waals surface area contributed by atoms with Crippen molar-refractivity contribution in [1.82, 2.24) is 9.88 Å². The Morgan fingerprint density at radius 3 is 2.80 bits per heavy atom. The Bertz CT molecular complexity index is 1060. The zero-order valence-electron chi connectivity index (χ0n) is 19.6. The molecule has 0 fully saturated rings. The maximum absolute atomic E-state index is 12.4. The molecule has 2 aliphatic heterocycles. The minimum atomic E-state index is -2.82. The highest BCUT2D eigenvalue weighted by Gasteiger charge is 2.20. The maximum atomic E-state index is 12.4. The Morgan fingerprint density at radius 1 is 1.14 bits per heavy atom. The van der Waals surface area contributed by atoms with Crippen LogP contribution in [0.4, 0.5) is 8.78 Å². The van der Waals surface area contributed by atoms with Gasteiger partial charge in [-0.15, -0.1) is 0 Å². The highest BCUT2D eigenvalue weighted by Crippen LogP contribution is 2.25. The van der Waals surface area contributed by atoms with E-state index in [9.17, 15) is 8.78 Å². The molecule has 5 nitrogen and oxygen atoms in total. The number of aromatic nitrogens is 1. The van der Waals surface area contributed by atoms with Crippen molar-refractivity contribution >= 4 is 17.8 Å². The van der Waals surface area contributed by atoms with Gasteiger partial charge in [0.25, 0.3) is 0 Å². The second-order valence-electron chi connectivity index (χ2n) is 8.67. The van der Waals surface area contributed by atoms with Gasteiger partial charge in [0, 0.05) is 74.3 Å². The van der Waals surface area contributed by atoms with Crippen molar-refractivity contribution in [2.75, 3.05) is 19.7 Å². The summed E-state index contributed by atoms with van der Waals surface area (Å²) in [5, 5.41) is 0.673. The number of hydrogen-bond donors (Lipinski definition) is 0. The lowest BCUT2D eigenvalue weighted by Crippen LogP contribution is -2.28. The number of aliphatic imine (C=N–C) groups is 1. The number of fused-ring (bicyclic) bond motifs is 2. The summed E-state index contributed by atoms with van der Waals surface area (Å²) < 4.78 is 35.7. The minimum Gasteiger partial charge on any atom is -0.435 e. The van der Waals surface area contributed by atoms with Crippen LogP contribution in [0.2, 0.25) is 5.02 Å². The number of benzene rings is 1. The third kappa shape index (κ3) is 8.23. The number of ether oxygens (including phenoxy) is 2. The summed E-state index contributed by atoms with van der Waals surface area (Å²) in [6, 6.07) is 10.5. The largest absolute Gasteiger partial charge is 0.435 e. The number of allylic oxidation sites excluding steroid dienone is 2. The van der Waals surface area contributed by atoms with E-state index in [1.54, 1.807) is 24.4 Å². The van der Waals surface area contributed by atoms with Crippen LogP contribution in [0.3, 0.4) is 0 Å². The van der Waals surface area contributed by atoms with Crippen molar-refractivity contribution in [3.63, 3.8) is 0 Å². The van der Waals surface area contributed by atoms with Crippen LogP contribution >= 0.6 is 11.6 Å². The van der Waals surface area contributed by atoms with Gasteiger partial charge in [0.15, 0.2) is 0 Å². The Morgan fingerprint density at radius 2 is 2.00 bits per heavy atom. The first-order valence-electron chi connectivity index (χ1n) is 11.9. The SMILES string of the molecule is FC(F)Oc1ccc(CN2CC/C=C3\CC(=CCC=N3)C(Cc3cc(Cl)ccn3)OCCC2)cc1. The normalized spacial score (nSPS) is 21.3. The summed E-state index contributed by atoms with van der Waals surface area (Å²) >= 11 is 6.18. The van der Waals surface area contributed by atoms with E-state index in [2.05, 4.69) is 31.8 Å². The van der Waals surface area contributed by atoms with Crippen LogP contribution in [0.5, 0.6) is 5.75 Å². The molecular formula is C27H30ClF2N3O2. The molecule has 2 aliphatic rings. The third-order valence-electron chi connectivity index (χ3n) is 6.03. The number of pyridine rings is 1. The number of hydrogen-bond acceptors (Lipinski definition) is 5. The lowest BCUT2D eigenvalue weighted by Gasteiger charge is -2.25. The van der Waals surface area contributed by atoms with E-state index in [0.717, 1.165) is 62.3 Å². The summed E-state index contributed by atoms with van der Waals surface area (Å²) in [5.74, 6) is 0.172. The molecule has 3 heterocycles. The van der Waals surface area contributed by atoms with Gasteiger partial charge in [-0.05, 0) is 48.2 Å². The topological polar surface area (TPSA) is 47.0 Å². The van der Waals surface area contributed by atoms with Crippen molar-refractivity contribution in [1.29, 1.82) is 0 Å². The molecule has 1 aromatic carbocycles. The molecule has 0 radical (unpaired) electrons. The van der Waals surface area contributed by atoms with Gasteiger partial charge in [-0.25, -0.2) is 0 Å². The average molecular weight is 502 g/mol. The van der Waals surface area contributed by atoms with Gasteiger partial charge >= 0.3 is 6.61 Å². The fourth-order valence-corrected chi connectivity index (χ4v) is 4.53. The number of alkyl halides is 2.